The topological polar surface area (TPSA) is 42.3 Å². The van der Waals surface area contributed by atoms with Gasteiger partial charge in [0.1, 0.15) is 6.04 Å². The molecule has 2 aromatic heterocycles. The number of pyridine rings is 1. The molecule has 0 aliphatic carbocycles. The van der Waals surface area contributed by atoms with Crippen LogP contribution in [0.15, 0.2) is 60.9 Å². The second-order valence-electron chi connectivity index (χ2n) is 7.46. The molecule has 0 amide bonds. The Balaban J connectivity index is 1.83. The summed E-state index contributed by atoms with van der Waals surface area (Å²) in [5.41, 5.74) is 5.70. The van der Waals surface area contributed by atoms with Gasteiger partial charge in [0.2, 0.25) is 0 Å². The fourth-order valence-corrected chi connectivity index (χ4v) is 4.46. The van der Waals surface area contributed by atoms with Gasteiger partial charge in [-0.15, -0.1) is 0 Å². The number of aryl methyl sites for hydroxylation is 2. The summed E-state index contributed by atoms with van der Waals surface area (Å²) >= 11 is 5.82. The predicted octanol–water partition coefficient (Wildman–Crippen LogP) is 4.32. The summed E-state index contributed by atoms with van der Waals surface area (Å²) in [6.07, 6.45) is 3.94. The summed E-state index contributed by atoms with van der Waals surface area (Å²) in [5, 5.41) is 4.25. The maximum Gasteiger partial charge on any atom is 0.174 e. The molecule has 0 saturated carbocycles. The quantitative estimate of drug-likeness (QED) is 0.618. The Morgan fingerprint density at radius 1 is 1.10 bits per heavy atom. The van der Waals surface area contributed by atoms with Gasteiger partial charge in [-0.05, 0) is 73.6 Å². The monoisotopic (exact) mass is 406 g/mol. The van der Waals surface area contributed by atoms with Crippen molar-refractivity contribution < 1.29 is 4.74 Å². The van der Waals surface area contributed by atoms with E-state index in [0.717, 1.165) is 23.0 Å². The molecule has 1 N–H and O–H groups in total. The van der Waals surface area contributed by atoms with Gasteiger partial charge in [-0.3, -0.25) is 4.98 Å². The van der Waals surface area contributed by atoms with Crippen molar-refractivity contribution >= 4 is 23.0 Å². The average Bonchev–Trinajstić information content (AvgIpc) is 3.29. The molecule has 1 saturated heterocycles. The summed E-state index contributed by atoms with van der Waals surface area (Å²) in [7, 11) is 1.73. The third-order valence-electron chi connectivity index (χ3n) is 5.29. The fourth-order valence-electron chi connectivity index (χ4n) is 4.11. The molecular formula is C23H26N4OS. The van der Waals surface area contributed by atoms with Crippen LogP contribution in [0.25, 0.3) is 0 Å². The molecule has 1 aliphatic heterocycles. The lowest BCUT2D eigenvalue weighted by molar-refractivity contribution is 0.186. The van der Waals surface area contributed by atoms with Crippen molar-refractivity contribution in [2.75, 3.05) is 18.6 Å². The minimum Gasteiger partial charge on any atom is -0.383 e. The molecule has 0 spiro atoms. The van der Waals surface area contributed by atoms with Crippen molar-refractivity contribution in [3.8, 4) is 0 Å². The number of rotatable bonds is 6. The molecule has 6 heteroatoms. The van der Waals surface area contributed by atoms with Crippen molar-refractivity contribution in [3.63, 3.8) is 0 Å². The Morgan fingerprint density at radius 3 is 2.59 bits per heavy atom. The second-order valence-corrected chi connectivity index (χ2v) is 7.85. The first-order chi connectivity index (χ1) is 14.1. The van der Waals surface area contributed by atoms with Crippen LogP contribution in [0, 0.1) is 13.8 Å². The van der Waals surface area contributed by atoms with Gasteiger partial charge >= 0.3 is 0 Å². The summed E-state index contributed by atoms with van der Waals surface area (Å²) in [6, 6.07) is 16.8. The zero-order chi connectivity index (χ0) is 20.4. The number of anilines is 1. The highest BCUT2D eigenvalue weighted by Gasteiger charge is 2.42. The number of thiocarbonyl (C=S) groups is 1. The molecule has 0 bridgehead atoms. The number of hydrogen-bond donors (Lipinski definition) is 1. The maximum absolute atomic E-state index is 5.82. The van der Waals surface area contributed by atoms with Gasteiger partial charge in [-0.2, -0.15) is 0 Å². The number of nitrogens with zero attached hydrogens (tertiary/aromatic N) is 3. The number of ether oxygens (including phenoxy) is 1. The summed E-state index contributed by atoms with van der Waals surface area (Å²) in [4.78, 5) is 6.86. The summed E-state index contributed by atoms with van der Waals surface area (Å²) in [5.74, 6) is 0. The van der Waals surface area contributed by atoms with Gasteiger partial charge in [-0.25, -0.2) is 0 Å². The fraction of sp³-hybridized carbons (Fsp3) is 0.304. The molecular weight excluding hydrogens is 380 g/mol. The molecule has 3 heterocycles. The van der Waals surface area contributed by atoms with E-state index in [1.54, 1.807) is 7.11 Å². The smallest absolute Gasteiger partial charge is 0.174 e. The molecule has 1 fully saturated rings. The average molecular weight is 407 g/mol. The molecule has 29 heavy (non-hydrogen) atoms. The summed E-state index contributed by atoms with van der Waals surface area (Å²) < 4.78 is 7.57. The lowest BCUT2D eigenvalue weighted by atomic mass is 10.00. The zero-order valence-corrected chi connectivity index (χ0v) is 17.8. The number of nitrogens with one attached hydrogen (secondary N) is 1. The van der Waals surface area contributed by atoms with Crippen LogP contribution in [-0.2, 0) is 11.3 Å². The second kappa shape index (κ2) is 8.35. The van der Waals surface area contributed by atoms with Crippen LogP contribution >= 0.6 is 12.2 Å². The first-order valence-corrected chi connectivity index (χ1v) is 10.2. The normalized spacial score (nSPS) is 18.9. The van der Waals surface area contributed by atoms with Crippen LogP contribution in [0.5, 0.6) is 0 Å². The number of methoxy groups -OCH3 is 1. The van der Waals surface area contributed by atoms with Gasteiger partial charge in [0.25, 0.3) is 0 Å². The SMILES string of the molecule is COCCn1cccc1[C@H]1[C@@H](c2ccccn2)NC(=S)N1c1cc(C)cc(C)c1. The highest BCUT2D eigenvalue weighted by molar-refractivity contribution is 7.80. The molecule has 5 nitrogen and oxygen atoms in total. The van der Waals surface area contributed by atoms with E-state index in [0.29, 0.717) is 6.61 Å². The molecule has 3 aromatic rings. The third kappa shape index (κ3) is 3.91. The first kappa shape index (κ1) is 19.6. The number of benzene rings is 1. The van der Waals surface area contributed by atoms with E-state index in [1.165, 1.54) is 16.8 Å². The van der Waals surface area contributed by atoms with Gasteiger partial charge < -0.3 is 19.5 Å². The summed E-state index contributed by atoms with van der Waals surface area (Å²) in [6.45, 7) is 5.69. The maximum atomic E-state index is 5.82. The van der Waals surface area contributed by atoms with E-state index < -0.39 is 0 Å². The first-order valence-electron chi connectivity index (χ1n) is 9.81. The Kier molecular flexibility index (Phi) is 5.65. The highest BCUT2D eigenvalue weighted by atomic mass is 32.1. The van der Waals surface area contributed by atoms with Crippen LogP contribution in [0.2, 0.25) is 0 Å². The molecule has 0 radical (unpaired) electrons. The van der Waals surface area contributed by atoms with Crippen LogP contribution < -0.4 is 10.2 Å². The third-order valence-corrected chi connectivity index (χ3v) is 5.60. The van der Waals surface area contributed by atoms with Crippen LogP contribution in [-0.4, -0.2) is 28.4 Å². The van der Waals surface area contributed by atoms with Crippen LogP contribution in [0.4, 0.5) is 5.69 Å². The van der Waals surface area contributed by atoms with Gasteiger partial charge in [0.05, 0.1) is 18.3 Å². The molecule has 4 rings (SSSR count). The number of hydrogen-bond acceptors (Lipinski definition) is 3. The van der Waals surface area contributed by atoms with E-state index >= 15 is 0 Å². The van der Waals surface area contributed by atoms with Crippen molar-refractivity contribution in [1.82, 2.24) is 14.9 Å². The molecule has 2 atom stereocenters. The lowest BCUT2D eigenvalue weighted by Gasteiger charge is -2.29. The Bertz CT molecular complexity index is 981. The van der Waals surface area contributed by atoms with Gasteiger partial charge in [0, 0.05) is 37.4 Å². The zero-order valence-electron chi connectivity index (χ0n) is 17.0. The molecule has 150 valence electrons. The van der Waals surface area contributed by atoms with E-state index in [4.69, 9.17) is 17.0 Å². The van der Waals surface area contributed by atoms with Crippen LogP contribution in [0.3, 0.4) is 0 Å². The number of aromatic nitrogens is 2. The standard InChI is InChI=1S/C23H26N4OS/c1-16-13-17(2)15-18(14-16)27-22(20-8-6-10-26(20)11-12-28-3)21(25-23(27)29)19-7-4-5-9-24-19/h4-10,13-15,21-22H,11-12H2,1-3H3,(H,25,29)/t21-,22+/m1/s1. The predicted molar refractivity (Wildman–Crippen MR) is 120 cm³/mol. The minimum absolute atomic E-state index is 0.00884. The molecule has 1 aromatic carbocycles. The molecule has 0 unspecified atom stereocenters. The highest BCUT2D eigenvalue weighted by Crippen LogP contribution is 2.42. The van der Waals surface area contributed by atoms with Crippen molar-refractivity contribution in [1.29, 1.82) is 0 Å². The van der Waals surface area contributed by atoms with E-state index in [1.807, 2.05) is 18.3 Å². The lowest BCUT2D eigenvalue weighted by Crippen LogP contribution is -2.30. The van der Waals surface area contributed by atoms with Gasteiger partial charge in [0.15, 0.2) is 5.11 Å². The van der Waals surface area contributed by atoms with Crippen molar-refractivity contribution in [3.05, 3.63) is 83.4 Å². The minimum atomic E-state index is -0.0410. The van der Waals surface area contributed by atoms with E-state index in [-0.39, 0.29) is 12.1 Å². The van der Waals surface area contributed by atoms with E-state index in [2.05, 4.69) is 76.2 Å². The Labute approximate surface area is 177 Å². The van der Waals surface area contributed by atoms with Crippen molar-refractivity contribution in [2.45, 2.75) is 32.5 Å². The largest absolute Gasteiger partial charge is 0.383 e. The Hall–Kier alpha value is -2.70. The molecule has 1 aliphatic rings. The van der Waals surface area contributed by atoms with Crippen LogP contribution in [0.1, 0.15) is 34.6 Å². The van der Waals surface area contributed by atoms with Gasteiger partial charge in [-0.1, -0.05) is 12.1 Å². The Morgan fingerprint density at radius 2 is 1.90 bits per heavy atom. The van der Waals surface area contributed by atoms with E-state index in [9.17, 15) is 0 Å². The van der Waals surface area contributed by atoms with Crippen molar-refractivity contribution in [2.24, 2.45) is 0 Å².